The van der Waals surface area contributed by atoms with E-state index in [0.29, 0.717) is 5.92 Å². The molecule has 0 unspecified atom stereocenters. The second-order valence-electron chi connectivity index (χ2n) is 8.53. The van der Waals surface area contributed by atoms with Gasteiger partial charge in [-0.1, -0.05) is 18.2 Å². The number of carbonyl (C=O) groups excluding carboxylic acids is 1. The quantitative estimate of drug-likeness (QED) is 0.576. The zero-order valence-electron chi connectivity index (χ0n) is 18.2. The van der Waals surface area contributed by atoms with E-state index in [1.165, 1.54) is 0 Å². The fourth-order valence-electron chi connectivity index (χ4n) is 3.99. The van der Waals surface area contributed by atoms with Crippen LogP contribution >= 0.6 is 0 Å². The van der Waals surface area contributed by atoms with Gasteiger partial charge < -0.3 is 19.8 Å². The highest BCUT2D eigenvalue weighted by Crippen LogP contribution is 2.33. The third kappa shape index (κ3) is 4.72. The Balaban J connectivity index is 1.44. The molecule has 1 amide bonds. The Kier molecular flexibility index (Phi) is 5.95. The Bertz CT molecular complexity index is 1080. The number of nitrogens with one attached hydrogen (secondary N) is 1. The van der Waals surface area contributed by atoms with Crippen LogP contribution < -0.4 is 4.90 Å². The van der Waals surface area contributed by atoms with E-state index in [1.807, 2.05) is 48.3 Å². The SMILES string of the molecule is CN(C)C/C=C/C(=O)N1CC(CN(C)c2cc(-c3ccc(O)cc3)cc3[nH]ncc23)C1. The van der Waals surface area contributed by atoms with Crippen molar-refractivity contribution in [3.05, 3.63) is 54.7 Å². The molecule has 0 saturated carbocycles. The highest BCUT2D eigenvalue weighted by molar-refractivity contribution is 5.95. The Labute approximate surface area is 182 Å². The molecule has 1 fully saturated rings. The van der Waals surface area contributed by atoms with Crippen LogP contribution in [-0.2, 0) is 4.79 Å². The molecule has 7 heteroatoms. The van der Waals surface area contributed by atoms with Gasteiger partial charge in [-0.05, 0) is 49.5 Å². The van der Waals surface area contributed by atoms with Crippen molar-refractivity contribution in [3.63, 3.8) is 0 Å². The van der Waals surface area contributed by atoms with E-state index in [2.05, 4.69) is 34.3 Å². The largest absolute Gasteiger partial charge is 0.508 e. The molecular weight excluding hydrogens is 390 g/mol. The lowest BCUT2D eigenvalue weighted by molar-refractivity contribution is -0.131. The monoisotopic (exact) mass is 419 g/mol. The van der Waals surface area contributed by atoms with Crippen LogP contribution in [0.5, 0.6) is 5.75 Å². The highest BCUT2D eigenvalue weighted by atomic mass is 16.3. The molecule has 7 nitrogen and oxygen atoms in total. The summed E-state index contributed by atoms with van der Waals surface area (Å²) in [5.74, 6) is 0.784. The molecule has 1 saturated heterocycles. The third-order valence-corrected chi connectivity index (χ3v) is 5.68. The number of hydrogen-bond acceptors (Lipinski definition) is 5. The molecule has 31 heavy (non-hydrogen) atoms. The maximum absolute atomic E-state index is 12.3. The van der Waals surface area contributed by atoms with Crippen molar-refractivity contribution in [2.24, 2.45) is 5.92 Å². The van der Waals surface area contributed by atoms with Crippen molar-refractivity contribution in [2.45, 2.75) is 0 Å². The number of phenolic OH excluding ortho intramolecular Hbond substituents is 1. The number of likely N-dealkylation sites (N-methyl/N-ethyl adjacent to an activating group) is 1. The molecule has 0 aliphatic carbocycles. The molecule has 0 bridgehead atoms. The molecule has 2 N–H and O–H groups in total. The van der Waals surface area contributed by atoms with E-state index in [1.54, 1.807) is 18.2 Å². The van der Waals surface area contributed by atoms with Crippen molar-refractivity contribution in [1.82, 2.24) is 20.0 Å². The number of amides is 1. The van der Waals surface area contributed by atoms with Gasteiger partial charge in [0, 0.05) is 56.3 Å². The molecule has 0 spiro atoms. The molecule has 2 heterocycles. The number of hydrogen-bond donors (Lipinski definition) is 2. The van der Waals surface area contributed by atoms with Crippen LogP contribution in [0.2, 0.25) is 0 Å². The maximum atomic E-state index is 12.3. The van der Waals surface area contributed by atoms with Crippen molar-refractivity contribution in [2.75, 3.05) is 52.2 Å². The second kappa shape index (κ2) is 8.81. The fraction of sp³-hybridized carbons (Fsp3) is 0.333. The number of aromatic nitrogens is 2. The number of phenols is 1. The Hall–Kier alpha value is -3.32. The Morgan fingerprint density at radius 1 is 1.19 bits per heavy atom. The van der Waals surface area contributed by atoms with Gasteiger partial charge in [0.05, 0.1) is 11.7 Å². The van der Waals surface area contributed by atoms with Crippen molar-refractivity contribution in [3.8, 4) is 16.9 Å². The first-order valence-electron chi connectivity index (χ1n) is 10.5. The smallest absolute Gasteiger partial charge is 0.246 e. The van der Waals surface area contributed by atoms with Crippen LogP contribution in [0.15, 0.2) is 54.7 Å². The minimum absolute atomic E-state index is 0.0901. The lowest BCUT2D eigenvalue weighted by Gasteiger charge is -2.41. The molecule has 3 aromatic rings. The molecule has 4 rings (SSSR count). The number of H-pyrrole nitrogens is 1. The van der Waals surface area contributed by atoms with Crippen molar-refractivity contribution in [1.29, 1.82) is 0 Å². The van der Waals surface area contributed by atoms with Gasteiger partial charge in [-0.25, -0.2) is 0 Å². The van der Waals surface area contributed by atoms with Crippen LogP contribution in [0.1, 0.15) is 0 Å². The van der Waals surface area contributed by atoms with Gasteiger partial charge in [0.1, 0.15) is 5.75 Å². The molecule has 162 valence electrons. The number of rotatable bonds is 7. The summed E-state index contributed by atoms with van der Waals surface area (Å²) >= 11 is 0. The van der Waals surface area contributed by atoms with Gasteiger partial charge in [0.25, 0.3) is 0 Å². The summed E-state index contributed by atoms with van der Waals surface area (Å²) in [6.45, 7) is 3.19. The summed E-state index contributed by atoms with van der Waals surface area (Å²) < 4.78 is 0. The summed E-state index contributed by atoms with van der Waals surface area (Å²) in [5, 5.41) is 18.0. The van der Waals surface area contributed by atoms with Gasteiger partial charge in [-0.15, -0.1) is 0 Å². The number of aromatic amines is 1. The van der Waals surface area contributed by atoms with Crippen molar-refractivity contribution < 1.29 is 9.90 Å². The van der Waals surface area contributed by atoms with Gasteiger partial charge in [-0.2, -0.15) is 5.10 Å². The van der Waals surface area contributed by atoms with Gasteiger partial charge >= 0.3 is 0 Å². The predicted molar refractivity (Wildman–Crippen MR) is 124 cm³/mol. The van der Waals surface area contributed by atoms with E-state index >= 15 is 0 Å². The lowest BCUT2D eigenvalue weighted by Crippen LogP contribution is -2.53. The van der Waals surface area contributed by atoms with Gasteiger partial charge in [0.2, 0.25) is 5.91 Å². The van der Waals surface area contributed by atoms with Crippen LogP contribution in [0.25, 0.3) is 22.0 Å². The molecule has 0 atom stereocenters. The topological polar surface area (TPSA) is 75.7 Å². The Morgan fingerprint density at radius 3 is 2.65 bits per heavy atom. The number of nitrogens with zero attached hydrogens (tertiary/aromatic N) is 4. The number of aromatic hydroxyl groups is 1. The normalized spacial score (nSPS) is 14.5. The predicted octanol–water partition coefficient (Wildman–Crippen LogP) is 2.95. The summed E-state index contributed by atoms with van der Waals surface area (Å²) in [7, 11) is 6.06. The molecule has 2 aromatic carbocycles. The number of carbonyl (C=O) groups is 1. The van der Waals surface area contributed by atoms with Crippen LogP contribution in [0.3, 0.4) is 0 Å². The average Bonchev–Trinajstić information content (AvgIpc) is 3.18. The zero-order valence-corrected chi connectivity index (χ0v) is 18.2. The first-order valence-corrected chi connectivity index (χ1v) is 10.5. The first kappa shape index (κ1) is 20.9. The first-order chi connectivity index (χ1) is 14.9. The maximum Gasteiger partial charge on any atom is 0.246 e. The van der Waals surface area contributed by atoms with E-state index in [9.17, 15) is 9.90 Å². The van der Waals surface area contributed by atoms with Gasteiger partial charge in [-0.3, -0.25) is 9.89 Å². The molecule has 1 aliphatic heterocycles. The summed E-state index contributed by atoms with van der Waals surface area (Å²) in [5.41, 5.74) is 4.18. The summed E-state index contributed by atoms with van der Waals surface area (Å²) in [4.78, 5) is 18.4. The fourth-order valence-corrected chi connectivity index (χ4v) is 3.99. The highest BCUT2D eigenvalue weighted by Gasteiger charge is 2.30. The Morgan fingerprint density at radius 2 is 1.94 bits per heavy atom. The van der Waals surface area contributed by atoms with Gasteiger partial charge in [0.15, 0.2) is 0 Å². The van der Waals surface area contributed by atoms with Crippen LogP contribution in [0, 0.1) is 5.92 Å². The second-order valence-corrected chi connectivity index (χ2v) is 8.53. The van der Waals surface area contributed by atoms with E-state index in [0.717, 1.165) is 53.9 Å². The molecule has 1 aromatic heterocycles. The number of benzene rings is 2. The average molecular weight is 420 g/mol. The number of likely N-dealkylation sites (tertiary alicyclic amines) is 1. The standard InChI is InChI=1S/C24H29N5O2/c1-27(2)10-4-5-24(31)29-15-17(16-29)14-28(3)23-12-19(11-22-21(23)13-25-26-22)18-6-8-20(30)9-7-18/h4-9,11-13,17,30H,10,14-16H2,1-3H3,(H,25,26)/b5-4+. The molecule has 1 aliphatic rings. The van der Waals surface area contributed by atoms with E-state index in [-0.39, 0.29) is 11.7 Å². The van der Waals surface area contributed by atoms with Crippen molar-refractivity contribution >= 4 is 22.5 Å². The zero-order chi connectivity index (χ0) is 22.0. The number of fused-ring (bicyclic) bond motifs is 1. The minimum atomic E-state index is 0.0901. The summed E-state index contributed by atoms with van der Waals surface area (Å²) in [6.07, 6.45) is 5.44. The lowest BCUT2D eigenvalue weighted by atomic mass is 9.98. The molecule has 0 radical (unpaired) electrons. The molecular formula is C24H29N5O2. The third-order valence-electron chi connectivity index (χ3n) is 5.68. The van der Waals surface area contributed by atoms with E-state index in [4.69, 9.17) is 0 Å². The van der Waals surface area contributed by atoms with Crippen LogP contribution in [0.4, 0.5) is 5.69 Å². The summed E-state index contributed by atoms with van der Waals surface area (Å²) in [6, 6.07) is 11.5. The van der Waals surface area contributed by atoms with Crippen LogP contribution in [-0.4, -0.2) is 78.3 Å². The minimum Gasteiger partial charge on any atom is -0.508 e. The van der Waals surface area contributed by atoms with E-state index < -0.39 is 0 Å². The number of anilines is 1.